The summed E-state index contributed by atoms with van der Waals surface area (Å²) >= 11 is 0. The first-order chi connectivity index (χ1) is 17.5. The van der Waals surface area contributed by atoms with Crippen LogP contribution in [0.1, 0.15) is 168 Å². The molecule has 0 spiro atoms. The minimum absolute atomic E-state index is 0.581. The van der Waals surface area contributed by atoms with Gasteiger partial charge in [-0.2, -0.15) is 0 Å². The van der Waals surface area contributed by atoms with Crippen LogP contribution in [0.5, 0.6) is 0 Å². The molecule has 5 fully saturated rings. The van der Waals surface area contributed by atoms with E-state index in [1.54, 1.807) is 77.0 Å². The summed E-state index contributed by atoms with van der Waals surface area (Å²) in [7, 11) is 0. The summed E-state index contributed by atoms with van der Waals surface area (Å²) in [5.41, 5.74) is 0.581. The van der Waals surface area contributed by atoms with Crippen LogP contribution in [0.25, 0.3) is 0 Å². The fourth-order valence-corrected chi connectivity index (χ4v) is 11.4. The standard InChI is InChI=1S/C36H64/c1-27(28-15-7-4-8-16-28)25-32(29-17-9-5-10-18-29)26-33(30-19-11-6-12-20-30)35-24-23-31-21-13-14-22-34(31)36(35,2)3/h27-35H,4-26H2,1-3H3. The van der Waals surface area contributed by atoms with E-state index in [4.69, 9.17) is 0 Å². The minimum atomic E-state index is 0.581. The van der Waals surface area contributed by atoms with E-state index < -0.39 is 0 Å². The molecule has 5 saturated carbocycles. The third kappa shape index (κ3) is 6.41. The number of hydrogen-bond donors (Lipinski definition) is 0. The summed E-state index contributed by atoms with van der Waals surface area (Å²) < 4.78 is 0. The zero-order chi connectivity index (χ0) is 25.0. The zero-order valence-electron chi connectivity index (χ0n) is 25.0. The maximum Gasteiger partial charge on any atom is -0.0292 e. The molecule has 0 amide bonds. The lowest BCUT2D eigenvalue weighted by Gasteiger charge is -2.56. The van der Waals surface area contributed by atoms with E-state index in [1.807, 2.05) is 0 Å². The van der Waals surface area contributed by atoms with Gasteiger partial charge in [0.15, 0.2) is 0 Å². The van der Waals surface area contributed by atoms with E-state index in [2.05, 4.69) is 20.8 Å². The molecule has 0 heteroatoms. The highest BCUT2D eigenvalue weighted by Gasteiger charge is 2.50. The van der Waals surface area contributed by atoms with E-state index in [1.165, 1.54) is 70.6 Å². The van der Waals surface area contributed by atoms with Gasteiger partial charge in [0.1, 0.15) is 0 Å². The molecule has 5 rings (SSSR count). The van der Waals surface area contributed by atoms with Gasteiger partial charge in [0, 0.05) is 0 Å². The average Bonchev–Trinajstić information content (AvgIpc) is 2.93. The van der Waals surface area contributed by atoms with Gasteiger partial charge in [-0.05, 0) is 90.8 Å². The van der Waals surface area contributed by atoms with Crippen LogP contribution in [-0.2, 0) is 0 Å². The number of fused-ring (bicyclic) bond motifs is 1. The fourth-order valence-electron chi connectivity index (χ4n) is 11.4. The SMILES string of the molecule is CC(CC(CC(C1CCCCC1)C1CCC2CCCCC2C1(C)C)C1CCCCC1)C1CCCCC1. The molecule has 0 radical (unpaired) electrons. The highest BCUT2D eigenvalue weighted by molar-refractivity contribution is 4.99. The average molecular weight is 497 g/mol. The van der Waals surface area contributed by atoms with Crippen LogP contribution < -0.4 is 0 Å². The van der Waals surface area contributed by atoms with E-state index in [-0.39, 0.29) is 0 Å². The third-order valence-electron chi connectivity index (χ3n) is 13.5. The third-order valence-corrected chi connectivity index (χ3v) is 13.5. The van der Waals surface area contributed by atoms with E-state index in [9.17, 15) is 0 Å². The van der Waals surface area contributed by atoms with Gasteiger partial charge in [-0.25, -0.2) is 0 Å². The van der Waals surface area contributed by atoms with Crippen molar-refractivity contribution in [2.24, 2.45) is 58.7 Å². The molecule has 208 valence electrons. The second-order valence-corrected chi connectivity index (χ2v) is 15.7. The Bertz CT molecular complexity index is 628. The molecule has 0 aliphatic heterocycles. The highest BCUT2D eigenvalue weighted by Crippen LogP contribution is 2.59. The van der Waals surface area contributed by atoms with Crippen molar-refractivity contribution >= 4 is 0 Å². The van der Waals surface area contributed by atoms with Crippen LogP contribution in [0, 0.1) is 58.7 Å². The molecule has 36 heavy (non-hydrogen) atoms. The Morgan fingerprint density at radius 3 is 1.69 bits per heavy atom. The van der Waals surface area contributed by atoms with Crippen LogP contribution in [-0.4, -0.2) is 0 Å². The molecule has 5 aliphatic rings. The van der Waals surface area contributed by atoms with E-state index >= 15 is 0 Å². The molecule has 5 aliphatic carbocycles. The van der Waals surface area contributed by atoms with Gasteiger partial charge in [0.2, 0.25) is 0 Å². The van der Waals surface area contributed by atoms with Crippen LogP contribution >= 0.6 is 0 Å². The second kappa shape index (κ2) is 12.9. The molecule has 6 unspecified atom stereocenters. The van der Waals surface area contributed by atoms with Gasteiger partial charge < -0.3 is 0 Å². The lowest BCUT2D eigenvalue weighted by molar-refractivity contribution is -0.0643. The Kier molecular flexibility index (Phi) is 9.88. The van der Waals surface area contributed by atoms with Crippen molar-refractivity contribution in [1.29, 1.82) is 0 Å². The first kappa shape index (κ1) is 27.6. The van der Waals surface area contributed by atoms with Crippen molar-refractivity contribution in [3.63, 3.8) is 0 Å². The zero-order valence-corrected chi connectivity index (χ0v) is 25.0. The Hall–Kier alpha value is 0. The largest absolute Gasteiger partial charge is 0.0622 e. The summed E-state index contributed by atoms with van der Waals surface area (Å²) in [6, 6.07) is 0. The van der Waals surface area contributed by atoms with Crippen molar-refractivity contribution in [3.8, 4) is 0 Å². The smallest absolute Gasteiger partial charge is 0.0292 e. The van der Waals surface area contributed by atoms with E-state index in [0.29, 0.717) is 5.41 Å². The van der Waals surface area contributed by atoms with Crippen molar-refractivity contribution < 1.29 is 0 Å². The molecule has 0 heterocycles. The lowest BCUT2D eigenvalue weighted by Crippen LogP contribution is -2.48. The molecule has 6 atom stereocenters. The highest BCUT2D eigenvalue weighted by atomic mass is 14.5. The second-order valence-electron chi connectivity index (χ2n) is 15.7. The molecular formula is C36H64. The molecular weight excluding hydrogens is 432 g/mol. The summed E-state index contributed by atoms with van der Waals surface area (Å²) in [5, 5.41) is 0. The fraction of sp³-hybridized carbons (Fsp3) is 1.00. The van der Waals surface area contributed by atoms with Crippen LogP contribution in [0.2, 0.25) is 0 Å². The first-order valence-corrected chi connectivity index (χ1v) is 17.5. The molecule has 0 aromatic carbocycles. The summed E-state index contributed by atoms with van der Waals surface area (Å²) in [6.07, 6.45) is 35.6. The van der Waals surface area contributed by atoms with Crippen molar-refractivity contribution in [3.05, 3.63) is 0 Å². The molecule has 0 saturated heterocycles. The molecule has 0 nitrogen and oxygen atoms in total. The van der Waals surface area contributed by atoms with Gasteiger partial charge in [-0.1, -0.05) is 136 Å². The summed E-state index contributed by atoms with van der Waals surface area (Å²) in [5.74, 6) is 9.32. The predicted octanol–water partition coefficient (Wildman–Crippen LogP) is 11.6. The molecule has 0 aromatic heterocycles. The Morgan fingerprint density at radius 2 is 1.06 bits per heavy atom. The molecule has 0 bridgehead atoms. The normalized spacial score (nSPS) is 35.6. The van der Waals surface area contributed by atoms with Crippen molar-refractivity contribution in [2.45, 2.75) is 168 Å². The molecule has 0 aromatic rings. The quantitative estimate of drug-likeness (QED) is 0.313. The summed E-state index contributed by atoms with van der Waals surface area (Å²) in [4.78, 5) is 0. The van der Waals surface area contributed by atoms with Gasteiger partial charge in [-0.15, -0.1) is 0 Å². The maximum atomic E-state index is 2.77. The predicted molar refractivity (Wildman–Crippen MR) is 157 cm³/mol. The maximum absolute atomic E-state index is 2.77. The van der Waals surface area contributed by atoms with E-state index in [0.717, 1.165) is 53.3 Å². The Labute approximate surface area is 226 Å². The minimum Gasteiger partial charge on any atom is -0.0622 e. The Balaban J connectivity index is 1.37. The van der Waals surface area contributed by atoms with Crippen molar-refractivity contribution in [1.82, 2.24) is 0 Å². The number of hydrogen-bond acceptors (Lipinski definition) is 0. The van der Waals surface area contributed by atoms with Gasteiger partial charge in [0.05, 0.1) is 0 Å². The topological polar surface area (TPSA) is 0 Å². The Morgan fingerprint density at radius 1 is 0.528 bits per heavy atom. The van der Waals surface area contributed by atoms with Crippen molar-refractivity contribution in [2.75, 3.05) is 0 Å². The van der Waals surface area contributed by atoms with Crippen LogP contribution in [0.15, 0.2) is 0 Å². The van der Waals surface area contributed by atoms with Crippen LogP contribution in [0.4, 0.5) is 0 Å². The lowest BCUT2D eigenvalue weighted by atomic mass is 9.49. The van der Waals surface area contributed by atoms with Crippen LogP contribution in [0.3, 0.4) is 0 Å². The van der Waals surface area contributed by atoms with Gasteiger partial charge in [0.25, 0.3) is 0 Å². The monoisotopic (exact) mass is 497 g/mol. The molecule has 0 N–H and O–H groups in total. The summed E-state index contributed by atoms with van der Waals surface area (Å²) in [6.45, 7) is 8.24. The number of rotatable bonds is 8. The first-order valence-electron chi connectivity index (χ1n) is 17.5. The van der Waals surface area contributed by atoms with Gasteiger partial charge >= 0.3 is 0 Å². The van der Waals surface area contributed by atoms with Gasteiger partial charge in [-0.3, -0.25) is 0 Å².